The maximum atomic E-state index is 12.3. The van der Waals surface area contributed by atoms with E-state index in [9.17, 15) is 18.0 Å². The molecule has 30 heavy (non-hydrogen) atoms. The van der Waals surface area contributed by atoms with Gasteiger partial charge in [0.15, 0.2) is 5.92 Å². The Bertz CT molecular complexity index is 968. The highest BCUT2D eigenvalue weighted by molar-refractivity contribution is 7.89. The second-order valence-electron chi connectivity index (χ2n) is 6.02. The summed E-state index contributed by atoms with van der Waals surface area (Å²) in [5, 5.41) is 1.85. The van der Waals surface area contributed by atoms with Gasteiger partial charge in [0.05, 0.1) is 17.6 Å². The third kappa shape index (κ3) is 6.93. The largest absolute Gasteiger partial charge is 0.465 e. The number of carbonyl (C=O) groups excluding carboxylic acids is 2. The number of thiophene rings is 2. The predicted octanol–water partition coefficient (Wildman–Crippen LogP) is 3.92. The zero-order valence-corrected chi connectivity index (χ0v) is 20.2. The van der Waals surface area contributed by atoms with Gasteiger partial charge in [-0.05, 0) is 43.3 Å². The summed E-state index contributed by atoms with van der Waals surface area (Å²) in [6.45, 7) is 3.83. The molecule has 0 spiro atoms. The molecular formula is C18H21Cl2NO6S3. The second-order valence-corrected chi connectivity index (χ2v) is 11.0. The number of esters is 2. The maximum Gasteiger partial charge on any atom is 0.320 e. The van der Waals surface area contributed by atoms with Crippen LogP contribution in [0.25, 0.3) is 0 Å². The number of sulfonamides is 1. The first-order valence-corrected chi connectivity index (χ1v) is 13.0. The molecule has 1 N–H and O–H groups in total. The fourth-order valence-corrected chi connectivity index (χ4v) is 6.68. The zero-order chi connectivity index (χ0) is 22.3. The molecule has 0 aromatic carbocycles. The molecule has 0 atom stereocenters. The van der Waals surface area contributed by atoms with Crippen LogP contribution in [0.5, 0.6) is 0 Å². The van der Waals surface area contributed by atoms with Gasteiger partial charge in [-0.1, -0.05) is 23.2 Å². The molecule has 0 amide bonds. The van der Waals surface area contributed by atoms with Crippen LogP contribution in [-0.2, 0) is 41.9 Å². The van der Waals surface area contributed by atoms with E-state index in [0.29, 0.717) is 10.8 Å². The monoisotopic (exact) mass is 513 g/mol. The minimum absolute atomic E-state index is 0.0445. The number of halogens is 2. The number of carbonyl (C=O) groups is 2. The van der Waals surface area contributed by atoms with Gasteiger partial charge in [-0.15, -0.1) is 22.7 Å². The molecule has 0 radical (unpaired) electrons. The zero-order valence-electron chi connectivity index (χ0n) is 16.3. The van der Waals surface area contributed by atoms with Crippen molar-refractivity contribution in [1.82, 2.24) is 4.72 Å². The number of nitrogens with one attached hydrogen (secondary N) is 1. The van der Waals surface area contributed by atoms with Gasteiger partial charge in [0.1, 0.15) is 9.23 Å². The van der Waals surface area contributed by atoms with Crippen molar-refractivity contribution in [2.75, 3.05) is 19.8 Å². The first-order valence-electron chi connectivity index (χ1n) is 9.02. The Morgan fingerprint density at radius 2 is 1.77 bits per heavy atom. The van der Waals surface area contributed by atoms with E-state index in [1.165, 1.54) is 17.4 Å². The number of rotatable bonds is 11. The van der Waals surface area contributed by atoms with Crippen LogP contribution in [0.2, 0.25) is 8.67 Å². The fourth-order valence-electron chi connectivity index (χ4n) is 2.53. The lowest BCUT2D eigenvalue weighted by molar-refractivity contribution is -0.161. The lowest BCUT2D eigenvalue weighted by Gasteiger charge is -2.13. The van der Waals surface area contributed by atoms with Crippen LogP contribution in [0, 0.1) is 5.92 Å². The Hall–Kier alpha value is -1.17. The summed E-state index contributed by atoms with van der Waals surface area (Å²) in [4.78, 5) is 25.0. The Morgan fingerprint density at radius 1 is 1.13 bits per heavy atom. The van der Waals surface area contributed by atoms with E-state index in [1.807, 2.05) is 11.4 Å². The molecule has 0 saturated heterocycles. The second kappa shape index (κ2) is 11.4. The minimum atomic E-state index is -3.76. The summed E-state index contributed by atoms with van der Waals surface area (Å²) < 4.78 is 37.5. The molecule has 2 aromatic heterocycles. The van der Waals surface area contributed by atoms with E-state index in [1.54, 1.807) is 13.8 Å². The normalized spacial score (nSPS) is 11.6. The highest BCUT2D eigenvalue weighted by atomic mass is 35.5. The topological polar surface area (TPSA) is 98.8 Å². The Balaban J connectivity index is 1.97. The average molecular weight is 514 g/mol. The van der Waals surface area contributed by atoms with Gasteiger partial charge in [0.25, 0.3) is 0 Å². The van der Waals surface area contributed by atoms with Gasteiger partial charge < -0.3 is 9.47 Å². The van der Waals surface area contributed by atoms with E-state index in [-0.39, 0.29) is 35.4 Å². The maximum absolute atomic E-state index is 12.3. The van der Waals surface area contributed by atoms with Crippen molar-refractivity contribution in [3.05, 3.63) is 36.6 Å². The van der Waals surface area contributed by atoms with Crippen molar-refractivity contribution in [2.24, 2.45) is 5.92 Å². The Labute approximate surface area is 193 Å². The van der Waals surface area contributed by atoms with Crippen molar-refractivity contribution < 1.29 is 27.5 Å². The van der Waals surface area contributed by atoms with E-state index < -0.39 is 27.9 Å². The number of ether oxygens (including phenoxy) is 2. The van der Waals surface area contributed by atoms with Crippen molar-refractivity contribution in [1.29, 1.82) is 0 Å². The molecule has 0 unspecified atom stereocenters. The first kappa shape index (κ1) is 25.1. The van der Waals surface area contributed by atoms with Crippen LogP contribution in [0.4, 0.5) is 0 Å². The Kier molecular flexibility index (Phi) is 9.58. The third-order valence-corrected chi connectivity index (χ3v) is 8.10. The molecule has 166 valence electrons. The number of hydrogen-bond donors (Lipinski definition) is 1. The van der Waals surface area contributed by atoms with E-state index in [4.69, 9.17) is 32.7 Å². The van der Waals surface area contributed by atoms with Crippen molar-refractivity contribution >= 4 is 67.8 Å². The van der Waals surface area contributed by atoms with E-state index >= 15 is 0 Å². The molecule has 2 aromatic rings. The van der Waals surface area contributed by atoms with Crippen LogP contribution in [0.3, 0.4) is 0 Å². The molecule has 0 bridgehead atoms. The van der Waals surface area contributed by atoms with Gasteiger partial charge in [-0.3, -0.25) is 9.59 Å². The van der Waals surface area contributed by atoms with Gasteiger partial charge in [-0.2, -0.15) is 0 Å². The highest BCUT2D eigenvalue weighted by Crippen LogP contribution is 2.34. The molecule has 0 aliphatic carbocycles. The summed E-state index contributed by atoms with van der Waals surface area (Å²) in [6, 6.07) is 3.14. The fraction of sp³-hybridized carbons (Fsp3) is 0.444. The summed E-state index contributed by atoms with van der Waals surface area (Å²) in [5.41, 5.74) is 0.874. The smallest absolute Gasteiger partial charge is 0.320 e. The minimum Gasteiger partial charge on any atom is -0.465 e. The van der Waals surface area contributed by atoms with Crippen molar-refractivity contribution in [3.8, 4) is 0 Å². The summed E-state index contributed by atoms with van der Waals surface area (Å²) in [5.74, 6) is -2.27. The molecule has 12 heteroatoms. The van der Waals surface area contributed by atoms with Crippen LogP contribution in [0.15, 0.2) is 22.4 Å². The van der Waals surface area contributed by atoms with Crippen LogP contribution in [0.1, 0.15) is 24.3 Å². The summed E-state index contributed by atoms with van der Waals surface area (Å²) in [6.07, 6.45) is 0.589. The van der Waals surface area contributed by atoms with E-state index in [0.717, 1.165) is 21.8 Å². The third-order valence-electron chi connectivity index (χ3n) is 3.88. The van der Waals surface area contributed by atoms with Gasteiger partial charge in [-0.25, -0.2) is 13.1 Å². The highest BCUT2D eigenvalue weighted by Gasteiger charge is 2.30. The summed E-state index contributed by atoms with van der Waals surface area (Å²) in [7, 11) is -3.76. The lowest BCUT2D eigenvalue weighted by Crippen LogP contribution is -2.29. The summed E-state index contributed by atoms with van der Waals surface area (Å²) >= 11 is 14.1. The van der Waals surface area contributed by atoms with Crippen molar-refractivity contribution in [2.45, 2.75) is 31.6 Å². The average Bonchev–Trinajstić information content (AvgIpc) is 3.25. The van der Waals surface area contributed by atoms with Gasteiger partial charge in [0, 0.05) is 17.8 Å². The number of hydrogen-bond acceptors (Lipinski definition) is 8. The van der Waals surface area contributed by atoms with Crippen LogP contribution in [-0.4, -0.2) is 40.1 Å². The quantitative estimate of drug-likeness (QED) is 0.361. The van der Waals surface area contributed by atoms with Crippen LogP contribution >= 0.6 is 45.9 Å². The molecule has 0 fully saturated rings. The molecule has 0 aliphatic rings. The van der Waals surface area contributed by atoms with Crippen molar-refractivity contribution in [3.63, 3.8) is 0 Å². The standard InChI is InChI=1S/C18H21Cl2NO6S3/c1-3-26-17(22)13(18(23)27-4-2)8-12-7-11(10-28-12)5-6-21-30(24,25)14-9-15(19)29-16(14)20/h7,9-10,13,21H,3-6,8H2,1-2H3. The molecule has 0 saturated carbocycles. The van der Waals surface area contributed by atoms with Gasteiger partial charge >= 0.3 is 11.9 Å². The molecule has 2 rings (SSSR count). The van der Waals surface area contributed by atoms with Gasteiger partial charge in [0.2, 0.25) is 10.0 Å². The van der Waals surface area contributed by atoms with Crippen LogP contribution < -0.4 is 4.72 Å². The molecule has 7 nitrogen and oxygen atoms in total. The molecule has 2 heterocycles. The lowest BCUT2D eigenvalue weighted by atomic mass is 10.0. The first-order chi connectivity index (χ1) is 14.2. The predicted molar refractivity (Wildman–Crippen MR) is 118 cm³/mol. The molecule has 0 aliphatic heterocycles. The molecular weight excluding hydrogens is 493 g/mol. The SMILES string of the molecule is CCOC(=O)C(Cc1cc(CCNS(=O)(=O)c2cc(Cl)sc2Cl)cs1)C(=O)OCC. The van der Waals surface area contributed by atoms with E-state index in [2.05, 4.69) is 4.72 Å². The Morgan fingerprint density at radius 3 is 2.30 bits per heavy atom.